The van der Waals surface area contributed by atoms with E-state index in [0.29, 0.717) is 6.42 Å². The van der Waals surface area contributed by atoms with E-state index in [1.807, 2.05) is 6.08 Å². The molecule has 5 heteroatoms. The lowest BCUT2D eigenvalue weighted by molar-refractivity contribution is -0.131. The summed E-state index contributed by atoms with van der Waals surface area (Å²) in [5.41, 5.74) is 0. The van der Waals surface area contributed by atoms with E-state index in [1.54, 1.807) is 6.08 Å². The molecule has 3 unspecified atom stereocenters. The largest absolute Gasteiger partial charge is 0.394 e. The molecule has 0 aromatic carbocycles. The Hall–Kier alpha value is -1.95. The van der Waals surface area contributed by atoms with E-state index in [9.17, 15) is 20.1 Å². The molecule has 0 spiro atoms. The molecule has 0 fully saturated rings. The second-order valence-corrected chi connectivity index (χ2v) is 18.8. The van der Waals surface area contributed by atoms with Crippen LogP contribution in [0, 0.1) is 0 Å². The van der Waals surface area contributed by atoms with Gasteiger partial charge in [0.2, 0.25) is 5.91 Å². The summed E-state index contributed by atoms with van der Waals surface area (Å²) < 4.78 is 0. The highest BCUT2D eigenvalue weighted by Crippen LogP contribution is 2.16. The number of hydrogen-bond donors (Lipinski definition) is 4. The second kappa shape index (κ2) is 52.7. The molecule has 0 aliphatic rings. The molecular formula is C58H107NO4. The van der Waals surface area contributed by atoms with Crippen LogP contribution in [0.2, 0.25) is 0 Å². The molecule has 368 valence electrons. The monoisotopic (exact) mass is 882 g/mol. The van der Waals surface area contributed by atoms with E-state index in [0.717, 1.165) is 51.4 Å². The van der Waals surface area contributed by atoms with Crippen molar-refractivity contribution in [1.82, 2.24) is 5.32 Å². The predicted molar refractivity (Wildman–Crippen MR) is 277 cm³/mol. The first kappa shape index (κ1) is 61.0. The number of amides is 1. The van der Waals surface area contributed by atoms with Crippen LogP contribution in [0.25, 0.3) is 0 Å². The van der Waals surface area contributed by atoms with Crippen LogP contribution in [0.4, 0.5) is 0 Å². The molecule has 0 saturated carbocycles. The Bertz CT molecular complexity index is 1060. The van der Waals surface area contributed by atoms with Gasteiger partial charge in [-0.2, -0.15) is 0 Å². The average Bonchev–Trinajstić information content (AvgIpc) is 3.29. The van der Waals surface area contributed by atoms with E-state index in [4.69, 9.17) is 0 Å². The van der Waals surface area contributed by atoms with Crippen molar-refractivity contribution >= 4 is 5.91 Å². The van der Waals surface area contributed by atoms with Crippen LogP contribution >= 0.6 is 0 Å². The number of carbonyl (C=O) groups excluding carboxylic acids is 1. The van der Waals surface area contributed by atoms with Gasteiger partial charge in [0.25, 0.3) is 0 Å². The minimum Gasteiger partial charge on any atom is -0.394 e. The highest BCUT2D eigenvalue weighted by Gasteiger charge is 2.22. The number of aliphatic hydroxyl groups excluding tert-OH is 3. The van der Waals surface area contributed by atoms with E-state index in [1.165, 1.54) is 205 Å². The number of carbonyl (C=O) groups is 1. The minimum absolute atomic E-state index is 0.382. The third-order valence-corrected chi connectivity index (χ3v) is 12.6. The van der Waals surface area contributed by atoms with Crippen LogP contribution in [-0.4, -0.2) is 46.1 Å². The molecule has 0 rings (SSSR count). The molecule has 5 nitrogen and oxygen atoms in total. The third kappa shape index (κ3) is 47.8. The van der Waals surface area contributed by atoms with Crippen molar-refractivity contribution in [1.29, 1.82) is 0 Å². The van der Waals surface area contributed by atoms with Gasteiger partial charge in [-0.25, -0.2) is 0 Å². The van der Waals surface area contributed by atoms with Crippen LogP contribution in [0.15, 0.2) is 60.8 Å². The van der Waals surface area contributed by atoms with Crippen LogP contribution in [-0.2, 0) is 4.79 Å². The third-order valence-electron chi connectivity index (χ3n) is 12.6. The maximum atomic E-state index is 12.5. The lowest BCUT2D eigenvalue weighted by Gasteiger charge is -2.21. The molecule has 0 aromatic rings. The molecular weight excluding hydrogens is 775 g/mol. The highest BCUT2D eigenvalue weighted by molar-refractivity contribution is 5.80. The minimum atomic E-state index is -1.11. The summed E-state index contributed by atoms with van der Waals surface area (Å²) in [5, 5.41) is 33.2. The van der Waals surface area contributed by atoms with Gasteiger partial charge in [-0.3, -0.25) is 4.79 Å². The van der Waals surface area contributed by atoms with Crippen LogP contribution in [0.5, 0.6) is 0 Å². The fourth-order valence-corrected chi connectivity index (χ4v) is 8.25. The van der Waals surface area contributed by atoms with Crippen molar-refractivity contribution in [2.75, 3.05) is 6.61 Å². The molecule has 1 amide bonds. The summed E-state index contributed by atoms with van der Waals surface area (Å²) >= 11 is 0. The van der Waals surface area contributed by atoms with Crippen molar-refractivity contribution < 1.29 is 20.1 Å². The van der Waals surface area contributed by atoms with E-state index >= 15 is 0 Å². The van der Waals surface area contributed by atoms with Crippen LogP contribution in [0.1, 0.15) is 277 Å². The molecule has 0 bridgehead atoms. The van der Waals surface area contributed by atoms with Crippen molar-refractivity contribution in [3.8, 4) is 0 Å². The molecule has 63 heavy (non-hydrogen) atoms. The Balaban J connectivity index is 3.56. The summed E-state index contributed by atoms with van der Waals surface area (Å²) in [6.07, 6.45) is 71.6. The fourth-order valence-electron chi connectivity index (χ4n) is 8.25. The zero-order chi connectivity index (χ0) is 45.8. The average molecular weight is 882 g/mol. The molecule has 4 N–H and O–H groups in total. The lowest BCUT2D eigenvalue weighted by atomic mass is 10.0. The van der Waals surface area contributed by atoms with Gasteiger partial charge in [0.1, 0.15) is 6.10 Å². The van der Waals surface area contributed by atoms with Gasteiger partial charge in [-0.15, -0.1) is 0 Å². The highest BCUT2D eigenvalue weighted by atomic mass is 16.3. The predicted octanol–water partition coefficient (Wildman–Crippen LogP) is 17.0. The van der Waals surface area contributed by atoms with Gasteiger partial charge in [0.15, 0.2) is 0 Å². The van der Waals surface area contributed by atoms with Gasteiger partial charge in [0, 0.05) is 0 Å². The zero-order valence-corrected chi connectivity index (χ0v) is 42.0. The van der Waals surface area contributed by atoms with Gasteiger partial charge in [-0.1, -0.05) is 261 Å². The van der Waals surface area contributed by atoms with Crippen molar-refractivity contribution in [2.24, 2.45) is 0 Å². The van der Waals surface area contributed by atoms with Gasteiger partial charge in [-0.05, 0) is 77.0 Å². The standard InChI is InChI=1S/C58H107NO4/c1-3-5-7-9-11-13-15-17-19-20-21-22-23-24-25-26-27-28-29-30-31-32-33-34-35-36-37-39-41-43-45-47-49-51-53-57(62)58(63)59-55(54-60)56(61)52-50-48-46-44-42-40-38-18-16-14-12-10-8-6-4-2/h16,18,23-24,26-27,42,44,50,52,55-57,60-62H,3-15,17,19-22,25,28-41,43,45-49,51,53-54H2,1-2H3,(H,59,63)/b18-16+,24-23-,27-26-,44-42+,52-50+. The quantitative estimate of drug-likeness (QED) is 0.0362. The smallest absolute Gasteiger partial charge is 0.249 e. The molecule has 0 radical (unpaired) electrons. The molecule has 3 atom stereocenters. The van der Waals surface area contributed by atoms with Crippen molar-refractivity contribution in [3.63, 3.8) is 0 Å². The SMILES string of the molecule is CCCCCCC/C=C/CC/C=C/CC/C=C/C(O)C(CO)NC(=O)C(O)CCCCCCCCCCCCCCCCCC/C=C\C/C=C\CCCCCCCCCCCCC. The van der Waals surface area contributed by atoms with E-state index < -0.39 is 24.2 Å². The maximum absolute atomic E-state index is 12.5. The summed E-state index contributed by atoms with van der Waals surface area (Å²) in [6, 6.07) is -0.822. The summed E-state index contributed by atoms with van der Waals surface area (Å²) in [5.74, 6) is -0.517. The number of aliphatic hydroxyl groups is 3. The Morgan fingerprint density at radius 3 is 1.06 bits per heavy atom. The van der Waals surface area contributed by atoms with Gasteiger partial charge < -0.3 is 20.6 Å². The van der Waals surface area contributed by atoms with Crippen LogP contribution < -0.4 is 5.32 Å². The number of nitrogens with one attached hydrogen (secondary N) is 1. The summed E-state index contributed by atoms with van der Waals surface area (Å²) in [4.78, 5) is 12.5. The Labute approximate surface area is 392 Å². The number of rotatable bonds is 50. The maximum Gasteiger partial charge on any atom is 0.249 e. The Morgan fingerprint density at radius 1 is 0.397 bits per heavy atom. The lowest BCUT2D eigenvalue weighted by Crippen LogP contribution is -2.48. The van der Waals surface area contributed by atoms with E-state index in [2.05, 4.69) is 67.8 Å². The molecule has 0 saturated heterocycles. The Morgan fingerprint density at radius 2 is 0.698 bits per heavy atom. The number of hydrogen-bond acceptors (Lipinski definition) is 4. The molecule has 0 aromatic heterocycles. The number of unbranched alkanes of at least 4 members (excludes halogenated alkanes) is 34. The summed E-state index contributed by atoms with van der Waals surface area (Å²) in [6.45, 7) is 4.16. The van der Waals surface area contributed by atoms with Gasteiger partial charge >= 0.3 is 0 Å². The first-order valence-electron chi connectivity index (χ1n) is 27.6. The number of allylic oxidation sites excluding steroid dienone is 9. The van der Waals surface area contributed by atoms with Crippen molar-refractivity contribution in [3.05, 3.63) is 60.8 Å². The molecule has 0 aliphatic heterocycles. The summed E-state index contributed by atoms with van der Waals surface area (Å²) in [7, 11) is 0. The van der Waals surface area contributed by atoms with Gasteiger partial charge in [0.05, 0.1) is 18.8 Å². The second-order valence-electron chi connectivity index (χ2n) is 18.8. The topological polar surface area (TPSA) is 89.8 Å². The zero-order valence-electron chi connectivity index (χ0n) is 42.0. The normalized spacial score (nSPS) is 13.8. The molecule has 0 heterocycles. The fraction of sp³-hybridized carbons (Fsp3) is 0.810. The van der Waals surface area contributed by atoms with Crippen molar-refractivity contribution in [2.45, 2.75) is 295 Å². The Kier molecular flexibility index (Phi) is 51.0. The molecule has 0 aliphatic carbocycles. The first-order valence-corrected chi connectivity index (χ1v) is 27.6. The van der Waals surface area contributed by atoms with Crippen LogP contribution in [0.3, 0.4) is 0 Å². The first-order chi connectivity index (χ1) is 31.1. The van der Waals surface area contributed by atoms with E-state index in [-0.39, 0.29) is 6.61 Å².